The Kier molecular flexibility index (Phi) is 3.67. The van der Waals surface area contributed by atoms with Crippen molar-refractivity contribution in [3.05, 3.63) is 32.2 Å². The summed E-state index contributed by atoms with van der Waals surface area (Å²) in [5, 5.41) is 8.71. The van der Waals surface area contributed by atoms with Crippen LogP contribution in [0.15, 0.2) is 21.1 Å². The van der Waals surface area contributed by atoms with Gasteiger partial charge in [0.25, 0.3) is 0 Å². The van der Waals surface area contributed by atoms with E-state index in [9.17, 15) is 4.79 Å². The van der Waals surface area contributed by atoms with Gasteiger partial charge in [0.1, 0.15) is 6.07 Å². The molecular formula is C9H5Br2NO2. The molecule has 1 aromatic carbocycles. The second-order valence-corrected chi connectivity index (χ2v) is 4.12. The number of esters is 1. The van der Waals surface area contributed by atoms with Crippen molar-refractivity contribution in [2.75, 3.05) is 7.11 Å². The number of methoxy groups -OCH3 is 1. The van der Waals surface area contributed by atoms with E-state index in [2.05, 4.69) is 36.6 Å². The summed E-state index contributed by atoms with van der Waals surface area (Å²) in [5.74, 6) is -0.443. The van der Waals surface area contributed by atoms with E-state index in [1.54, 1.807) is 12.1 Å². The molecule has 0 aliphatic heterocycles. The summed E-state index contributed by atoms with van der Waals surface area (Å²) in [6.07, 6.45) is 0. The highest BCUT2D eigenvalue weighted by Crippen LogP contribution is 2.25. The van der Waals surface area contributed by atoms with Crippen LogP contribution in [0.3, 0.4) is 0 Å². The van der Waals surface area contributed by atoms with E-state index in [4.69, 9.17) is 5.26 Å². The minimum atomic E-state index is -0.443. The molecule has 72 valence electrons. The lowest BCUT2D eigenvalue weighted by Gasteiger charge is -2.03. The highest BCUT2D eigenvalue weighted by atomic mass is 79.9. The van der Waals surface area contributed by atoms with Crippen LogP contribution in [0, 0.1) is 11.3 Å². The van der Waals surface area contributed by atoms with Crippen molar-refractivity contribution in [3.63, 3.8) is 0 Å². The van der Waals surface area contributed by atoms with Gasteiger partial charge in [-0.1, -0.05) is 0 Å². The second kappa shape index (κ2) is 4.58. The Morgan fingerprint density at radius 3 is 2.57 bits per heavy atom. The fraction of sp³-hybridized carbons (Fsp3) is 0.111. The average molecular weight is 319 g/mol. The van der Waals surface area contributed by atoms with Crippen LogP contribution in [0.2, 0.25) is 0 Å². The van der Waals surface area contributed by atoms with Crippen molar-refractivity contribution in [1.29, 1.82) is 5.26 Å². The SMILES string of the molecule is COC(=O)c1cc(Br)c(C#N)cc1Br. The van der Waals surface area contributed by atoms with Crippen molar-refractivity contribution >= 4 is 37.8 Å². The molecule has 0 fully saturated rings. The van der Waals surface area contributed by atoms with Crippen LogP contribution >= 0.6 is 31.9 Å². The molecule has 1 rings (SSSR count). The van der Waals surface area contributed by atoms with Gasteiger partial charge in [0.15, 0.2) is 0 Å². The minimum absolute atomic E-state index is 0.387. The number of nitriles is 1. The maximum Gasteiger partial charge on any atom is 0.339 e. The van der Waals surface area contributed by atoms with Crippen molar-refractivity contribution in [1.82, 2.24) is 0 Å². The Morgan fingerprint density at radius 1 is 1.43 bits per heavy atom. The zero-order valence-electron chi connectivity index (χ0n) is 7.17. The van der Waals surface area contributed by atoms with Crippen LogP contribution in [-0.2, 0) is 4.74 Å². The van der Waals surface area contributed by atoms with Gasteiger partial charge in [-0.2, -0.15) is 5.26 Å². The van der Waals surface area contributed by atoms with Gasteiger partial charge < -0.3 is 4.74 Å². The number of ether oxygens (including phenoxy) is 1. The van der Waals surface area contributed by atoms with Crippen LogP contribution in [0.1, 0.15) is 15.9 Å². The van der Waals surface area contributed by atoms with E-state index in [-0.39, 0.29) is 0 Å². The number of carbonyl (C=O) groups is 1. The summed E-state index contributed by atoms with van der Waals surface area (Å²) in [5.41, 5.74) is 0.850. The predicted molar refractivity (Wildman–Crippen MR) is 57.9 cm³/mol. The smallest absolute Gasteiger partial charge is 0.339 e. The number of hydrogen-bond acceptors (Lipinski definition) is 3. The van der Waals surface area contributed by atoms with Crippen LogP contribution in [0.4, 0.5) is 0 Å². The summed E-state index contributed by atoms with van der Waals surface area (Å²) in [7, 11) is 1.31. The quantitative estimate of drug-likeness (QED) is 0.748. The summed E-state index contributed by atoms with van der Waals surface area (Å²) in [6.45, 7) is 0. The zero-order valence-corrected chi connectivity index (χ0v) is 10.3. The molecule has 0 aliphatic rings. The third-order valence-electron chi connectivity index (χ3n) is 1.58. The molecule has 0 aliphatic carbocycles. The molecule has 3 nitrogen and oxygen atoms in total. The summed E-state index contributed by atoms with van der Waals surface area (Å²) < 4.78 is 5.69. The third-order valence-corrected chi connectivity index (χ3v) is 2.89. The van der Waals surface area contributed by atoms with Gasteiger partial charge in [0.2, 0.25) is 0 Å². The number of carbonyl (C=O) groups excluding carboxylic acids is 1. The minimum Gasteiger partial charge on any atom is -0.465 e. The summed E-state index contributed by atoms with van der Waals surface area (Å²) in [4.78, 5) is 11.2. The van der Waals surface area contributed by atoms with Crippen molar-refractivity contribution < 1.29 is 9.53 Å². The fourth-order valence-electron chi connectivity index (χ4n) is 0.899. The molecule has 0 heterocycles. The molecule has 0 saturated carbocycles. The highest BCUT2D eigenvalue weighted by molar-refractivity contribution is 9.11. The van der Waals surface area contributed by atoms with E-state index in [1.165, 1.54) is 7.11 Å². The van der Waals surface area contributed by atoms with E-state index in [1.807, 2.05) is 6.07 Å². The first-order valence-electron chi connectivity index (χ1n) is 3.57. The maximum absolute atomic E-state index is 11.2. The molecule has 1 aromatic rings. The Labute approximate surface area is 97.9 Å². The second-order valence-electron chi connectivity index (χ2n) is 2.42. The third kappa shape index (κ3) is 2.14. The van der Waals surface area contributed by atoms with Gasteiger partial charge in [-0.15, -0.1) is 0 Å². The molecular weight excluding hydrogens is 314 g/mol. The summed E-state index contributed by atoms with van der Waals surface area (Å²) in [6, 6.07) is 5.11. The first-order valence-corrected chi connectivity index (χ1v) is 5.16. The van der Waals surface area contributed by atoms with Crippen molar-refractivity contribution in [3.8, 4) is 6.07 Å². The van der Waals surface area contributed by atoms with Gasteiger partial charge in [-0.05, 0) is 44.0 Å². The maximum atomic E-state index is 11.2. The Bertz CT molecular complexity index is 424. The molecule has 0 spiro atoms. The van der Waals surface area contributed by atoms with Gasteiger partial charge in [0, 0.05) is 8.95 Å². The molecule has 0 aromatic heterocycles. The van der Waals surface area contributed by atoms with Crippen LogP contribution < -0.4 is 0 Å². The Balaban J connectivity index is 3.30. The van der Waals surface area contributed by atoms with Crippen molar-refractivity contribution in [2.45, 2.75) is 0 Å². The topological polar surface area (TPSA) is 50.1 Å². The molecule has 0 amide bonds. The summed E-state index contributed by atoms with van der Waals surface area (Å²) >= 11 is 6.38. The van der Waals surface area contributed by atoms with Crippen LogP contribution in [0.25, 0.3) is 0 Å². The molecule has 0 unspecified atom stereocenters. The molecule has 5 heteroatoms. The first kappa shape index (κ1) is 11.2. The number of nitrogens with zero attached hydrogens (tertiary/aromatic N) is 1. The van der Waals surface area contributed by atoms with E-state index >= 15 is 0 Å². The lowest BCUT2D eigenvalue weighted by atomic mass is 10.1. The van der Waals surface area contributed by atoms with Gasteiger partial charge in [-0.3, -0.25) is 0 Å². The van der Waals surface area contributed by atoms with Gasteiger partial charge in [0.05, 0.1) is 18.2 Å². The van der Waals surface area contributed by atoms with Crippen molar-refractivity contribution in [2.24, 2.45) is 0 Å². The number of rotatable bonds is 1. The largest absolute Gasteiger partial charge is 0.465 e. The van der Waals surface area contributed by atoms with Crippen LogP contribution in [0.5, 0.6) is 0 Å². The monoisotopic (exact) mass is 317 g/mol. The lowest BCUT2D eigenvalue weighted by Crippen LogP contribution is -2.02. The molecule has 0 N–H and O–H groups in total. The highest BCUT2D eigenvalue weighted by Gasteiger charge is 2.13. The average Bonchev–Trinajstić information content (AvgIpc) is 2.19. The van der Waals surface area contributed by atoms with Gasteiger partial charge >= 0.3 is 5.97 Å². The number of benzene rings is 1. The van der Waals surface area contributed by atoms with Crippen LogP contribution in [-0.4, -0.2) is 13.1 Å². The van der Waals surface area contributed by atoms with E-state index in [0.29, 0.717) is 20.1 Å². The normalized spacial score (nSPS) is 9.29. The number of hydrogen-bond donors (Lipinski definition) is 0. The fourth-order valence-corrected chi connectivity index (χ4v) is 1.84. The number of halogens is 2. The van der Waals surface area contributed by atoms with E-state index < -0.39 is 5.97 Å². The standard InChI is InChI=1S/C9H5Br2NO2/c1-14-9(13)6-3-7(10)5(4-12)2-8(6)11/h2-3H,1H3. The molecule has 0 bridgehead atoms. The lowest BCUT2D eigenvalue weighted by molar-refractivity contribution is 0.0599. The van der Waals surface area contributed by atoms with Gasteiger partial charge in [-0.25, -0.2) is 4.79 Å². The predicted octanol–water partition coefficient (Wildman–Crippen LogP) is 2.87. The zero-order chi connectivity index (χ0) is 10.7. The molecule has 0 radical (unpaired) electrons. The first-order chi connectivity index (χ1) is 6.60. The molecule has 0 saturated heterocycles. The van der Waals surface area contributed by atoms with E-state index in [0.717, 1.165) is 0 Å². The Hall–Kier alpha value is -0.860. The Morgan fingerprint density at radius 2 is 2.07 bits per heavy atom. The molecule has 0 atom stereocenters. The molecule has 14 heavy (non-hydrogen) atoms.